The Kier molecular flexibility index (Phi) is 9.84. The fourth-order valence-electron chi connectivity index (χ4n) is 6.35. The van der Waals surface area contributed by atoms with E-state index < -0.39 is 0 Å². The Hall–Kier alpha value is -4.67. The molecule has 252 valence electrons. The molecule has 0 saturated carbocycles. The summed E-state index contributed by atoms with van der Waals surface area (Å²) in [7, 11) is 4.26. The van der Waals surface area contributed by atoms with E-state index in [9.17, 15) is 4.79 Å². The summed E-state index contributed by atoms with van der Waals surface area (Å²) < 4.78 is 12.6. The number of ether oxygens (including phenoxy) is 2. The molecule has 4 aromatic rings. The van der Waals surface area contributed by atoms with Gasteiger partial charge in [0.2, 0.25) is 11.8 Å². The van der Waals surface area contributed by atoms with Crippen LogP contribution in [0.25, 0.3) is 0 Å². The van der Waals surface area contributed by atoms with E-state index >= 15 is 0 Å². The number of nitrogens with zero attached hydrogens (tertiary/aromatic N) is 5. The fraction of sp³-hybridized carbons (Fsp3) is 0.395. The Bertz CT molecular complexity index is 1730. The SMILES string of the molecule is Cc1cccc(C)c1NC(=O)c1cnc(Nc2ccc(N3CCN(CCCN(C)C)CC3)cc2)nc1Oc1cccc2c1OC(C)(C)C2. The van der Waals surface area contributed by atoms with Gasteiger partial charge in [-0.2, -0.15) is 4.98 Å². The summed E-state index contributed by atoms with van der Waals surface area (Å²) in [6.45, 7) is 14.4. The molecule has 6 rings (SSSR count). The first-order chi connectivity index (χ1) is 23.0. The molecule has 1 aromatic heterocycles. The topological polar surface area (TPSA) is 95.1 Å². The first-order valence-electron chi connectivity index (χ1n) is 16.8. The van der Waals surface area contributed by atoms with Crippen molar-refractivity contribution in [1.29, 1.82) is 0 Å². The molecular weight excluding hydrogens is 602 g/mol. The minimum absolute atomic E-state index is 0.137. The van der Waals surface area contributed by atoms with E-state index in [0.29, 0.717) is 17.4 Å². The van der Waals surface area contributed by atoms with Crippen molar-refractivity contribution in [2.24, 2.45) is 0 Å². The standard InChI is InChI=1S/C38H47N7O3/c1-26-10-7-11-27(2)33(26)41-35(46)31-25-39-37(42-36(31)47-32-13-8-12-28-24-38(3,4)48-34(28)32)40-29-14-16-30(17-15-29)45-22-20-44(21-23-45)19-9-18-43(5)6/h7-8,10-17,25H,9,18-24H2,1-6H3,(H,41,46)(H,39,40,42). The fourth-order valence-corrected chi connectivity index (χ4v) is 6.35. The van der Waals surface area contributed by atoms with Gasteiger partial charge in [0.15, 0.2) is 11.5 Å². The summed E-state index contributed by atoms with van der Waals surface area (Å²) in [5.41, 5.74) is 5.63. The smallest absolute Gasteiger partial charge is 0.262 e. The minimum Gasteiger partial charge on any atom is -0.483 e. The van der Waals surface area contributed by atoms with Crippen LogP contribution in [0.3, 0.4) is 0 Å². The van der Waals surface area contributed by atoms with Crippen LogP contribution in [0, 0.1) is 13.8 Å². The van der Waals surface area contributed by atoms with E-state index in [1.807, 2.05) is 76.2 Å². The third-order valence-electron chi connectivity index (χ3n) is 8.92. The maximum Gasteiger partial charge on any atom is 0.262 e. The van der Waals surface area contributed by atoms with Crippen LogP contribution in [-0.2, 0) is 6.42 Å². The second kappa shape index (κ2) is 14.2. The summed E-state index contributed by atoms with van der Waals surface area (Å²) in [6, 6.07) is 20.0. The Balaban J connectivity index is 1.19. The molecule has 0 bridgehead atoms. The lowest BCUT2D eigenvalue weighted by Gasteiger charge is -2.36. The van der Waals surface area contributed by atoms with E-state index in [1.54, 1.807) is 0 Å². The molecule has 1 amide bonds. The molecule has 48 heavy (non-hydrogen) atoms. The number of aromatic nitrogens is 2. The van der Waals surface area contributed by atoms with Crippen LogP contribution in [0.2, 0.25) is 0 Å². The van der Waals surface area contributed by atoms with E-state index in [1.165, 1.54) is 18.3 Å². The lowest BCUT2D eigenvalue weighted by molar-refractivity contribution is 0.102. The van der Waals surface area contributed by atoms with E-state index in [-0.39, 0.29) is 23.0 Å². The second-order valence-corrected chi connectivity index (χ2v) is 13.7. The molecule has 0 spiro atoms. The summed E-state index contributed by atoms with van der Waals surface area (Å²) in [6.07, 6.45) is 3.46. The number of hydrogen-bond acceptors (Lipinski definition) is 9. The number of nitrogens with one attached hydrogen (secondary N) is 2. The molecule has 10 heteroatoms. The number of amides is 1. The molecule has 0 radical (unpaired) electrons. The highest BCUT2D eigenvalue weighted by molar-refractivity contribution is 6.06. The number of benzene rings is 3. The Morgan fingerprint density at radius 2 is 1.69 bits per heavy atom. The van der Waals surface area contributed by atoms with Gasteiger partial charge in [0.1, 0.15) is 11.2 Å². The molecule has 3 heterocycles. The van der Waals surface area contributed by atoms with Crippen molar-refractivity contribution in [3.05, 3.63) is 89.1 Å². The molecule has 3 aromatic carbocycles. The van der Waals surface area contributed by atoms with Gasteiger partial charge < -0.3 is 29.9 Å². The van der Waals surface area contributed by atoms with Gasteiger partial charge in [0, 0.05) is 61.4 Å². The average molecular weight is 650 g/mol. The highest BCUT2D eigenvalue weighted by atomic mass is 16.5. The minimum atomic E-state index is -0.357. The summed E-state index contributed by atoms with van der Waals surface area (Å²) in [5.74, 6) is 1.28. The quantitative estimate of drug-likeness (QED) is 0.185. The summed E-state index contributed by atoms with van der Waals surface area (Å²) >= 11 is 0. The lowest BCUT2D eigenvalue weighted by Crippen LogP contribution is -2.46. The number of carbonyl (C=O) groups excluding carboxylic acids is 1. The molecule has 2 aliphatic rings. The normalized spacial score (nSPS) is 15.6. The first kappa shape index (κ1) is 33.2. The van der Waals surface area contributed by atoms with Gasteiger partial charge in [-0.1, -0.05) is 30.3 Å². The van der Waals surface area contributed by atoms with Crippen molar-refractivity contribution in [2.45, 2.75) is 46.1 Å². The van der Waals surface area contributed by atoms with Gasteiger partial charge in [-0.25, -0.2) is 4.98 Å². The molecular formula is C38H47N7O3. The predicted molar refractivity (Wildman–Crippen MR) is 192 cm³/mol. The van der Waals surface area contributed by atoms with E-state index in [0.717, 1.165) is 73.8 Å². The van der Waals surface area contributed by atoms with Crippen molar-refractivity contribution in [3.63, 3.8) is 0 Å². The number of piperazine rings is 1. The maximum atomic E-state index is 13.7. The van der Waals surface area contributed by atoms with Crippen LogP contribution in [-0.4, -0.2) is 84.6 Å². The van der Waals surface area contributed by atoms with Gasteiger partial charge >= 0.3 is 0 Å². The van der Waals surface area contributed by atoms with Crippen molar-refractivity contribution < 1.29 is 14.3 Å². The van der Waals surface area contributed by atoms with Crippen molar-refractivity contribution in [2.75, 3.05) is 68.9 Å². The number of fused-ring (bicyclic) bond motifs is 1. The van der Waals surface area contributed by atoms with Crippen LogP contribution in [0.15, 0.2) is 66.9 Å². The zero-order valence-corrected chi connectivity index (χ0v) is 29.0. The Morgan fingerprint density at radius 1 is 0.979 bits per heavy atom. The van der Waals surface area contributed by atoms with Gasteiger partial charge in [0.05, 0.1) is 0 Å². The number of rotatable bonds is 11. The molecule has 0 aliphatic carbocycles. The second-order valence-electron chi connectivity index (χ2n) is 13.7. The summed E-state index contributed by atoms with van der Waals surface area (Å²) in [4.78, 5) is 30.1. The molecule has 0 atom stereocenters. The molecule has 10 nitrogen and oxygen atoms in total. The largest absolute Gasteiger partial charge is 0.483 e. The Morgan fingerprint density at radius 3 is 2.40 bits per heavy atom. The predicted octanol–water partition coefficient (Wildman–Crippen LogP) is 6.67. The van der Waals surface area contributed by atoms with Crippen LogP contribution in [0.5, 0.6) is 17.4 Å². The Labute approximate surface area is 284 Å². The molecule has 1 saturated heterocycles. The van der Waals surface area contributed by atoms with Crippen LogP contribution in [0.4, 0.5) is 23.0 Å². The zero-order chi connectivity index (χ0) is 33.8. The van der Waals surface area contributed by atoms with E-state index in [2.05, 4.69) is 56.5 Å². The third kappa shape index (κ3) is 7.89. The number of para-hydroxylation sites is 2. The van der Waals surface area contributed by atoms with Gasteiger partial charge in [-0.05, 0) is 103 Å². The van der Waals surface area contributed by atoms with Gasteiger partial charge in [-0.15, -0.1) is 0 Å². The van der Waals surface area contributed by atoms with Crippen molar-refractivity contribution >= 4 is 28.9 Å². The number of hydrogen-bond donors (Lipinski definition) is 2. The highest BCUT2D eigenvalue weighted by Gasteiger charge is 2.33. The van der Waals surface area contributed by atoms with Crippen LogP contribution >= 0.6 is 0 Å². The van der Waals surface area contributed by atoms with E-state index in [4.69, 9.17) is 14.5 Å². The number of anilines is 4. The average Bonchev–Trinajstić information content (AvgIpc) is 3.38. The van der Waals surface area contributed by atoms with Gasteiger partial charge in [0.25, 0.3) is 5.91 Å². The molecule has 2 N–H and O–H groups in total. The monoisotopic (exact) mass is 649 g/mol. The third-order valence-corrected chi connectivity index (χ3v) is 8.92. The number of aryl methyl sites for hydroxylation is 2. The summed E-state index contributed by atoms with van der Waals surface area (Å²) in [5, 5.41) is 6.35. The number of carbonyl (C=O) groups is 1. The molecule has 2 aliphatic heterocycles. The molecule has 0 unspecified atom stereocenters. The van der Waals surface area contributed by atoms with Crippen LogP contribution in [0.1, 0.15) is 47.3 Å². The van der Waals surface area contributed by atoms with Crippen molar-refractivity contribution in [1.82, 2.24) is 19.8 Å². The maximum absolute atomic E-state index is 13.7. The van der Waals surface area contributed by atoms with Crippen molar-refractivity contribution in [3.8, 4) is 17.4 Å². The van der Waals surface area contributed by atoms with Crippen LogP contribution < -0.4 is 25.0 Å². The van der Waals surface area contributed by atoms with Gasteiger partial charge in [-0.3, -0.25) is 9.69 Å². The lowest BCUT2D eigenvalue weighted by atomic mass is 10.0. The highest BCUT2D eigenvalue weighted by Crippen LogP contribution is 2.43. The zero-order valence-electron chi connectivity index (χ0n) is 29.0. The first-order valence-corrected chi connectivity index (χ1v) is 16.8. The molecule has 1 fully saturated rings.